The highest BCUT2D eigenvalue weighted by Gasteiger charge is 2.10. The van der Waals surface area contributed by atoms with Crippen molar-refractivity contribution < 1.29 is 4.74 Å². The number of nitrogens with two attached hydrogens (primary N) is 1. The van der Waals surface area contributed by atoms with Crippen LogP contribution < -0.4 is 10.5 Å². The van der Waals surface area contributed by atoms with Crippen LogP contribution in [0.5, 0.6) is 5.75 Å². The van der Waals surface area contributed by atoms with Gasteiger partial charge >= 0.3 is 0 Å². The quantitative estimate of drug-likeness (QED) is 0.687. The predicted molar refractivity (Wildman–Crippen MR) is 68.5 cm³/mol. The number of anilines is 1. The second-order valence-electron chi connectivity index (χ2n) is 3.76. The van der Waals surface area contributed by atoms with Gasteiger partial charge in [-0.1, -0.05) is 13.8 Å². The zero-order valence-corrected chi connectivity index (χ0v) is 10.9. The minimum absolute atomic E-state index is 0.229. The molecule has 0 aliphatic heterocycles. The van der Waals surface area contributed by atoms with E-state index < -0.39 is 0 Å². The molecule has 1 aromatic rings. The van der Waals surface area contributed by atoms with Crippen LogP contribution in [0.2, 0.25) is 0 Å². The number of ether oxygens (including phenoxy) is 1. The predicted octanol–water partition coefficient (Wildman–Crippen LogP) is 3.30. The van der Waals surface area contributed by atoms with Crippen molar-refractivity contribution in [3.05, 3.63) is 21.8 Å². The first-order valence-electron chi connectivity index (χ1n) is 4.72. The molecule has 0 bridgehead atoms. The third kappa shape index (κ3) is 3.04. The van der Waals surface area contributed by atoms with Crippen molar-refractivity contribution in [1.29, 1.82) is 0 Å². The highest BCUT2D eigenvalue weighted by molar-refractivity contribution is 14.1. The van der Waals surface area contributed by atoms with Gasteiger partial charge in [-0.3, -0.25) is 0 Å². The highest BCUT2D eigenvalue weighted by atomic mass is 127. The molecule has 1 unspecified atom stereocenters. The lowest BCUT2D eigenvalue weighted by Crippen LogP contribution is -2.19. The minimum Gasteiger partial charge on any atom is -0.489 e. The van der Waals surface area contributed by atoms with Crippen molar-refractivity contribution in [3.8, 4) is 5.75 Å². The molecule has 0 spiro atoms. The van der Waals surface area contributed by atoms with Gasteiger partial charge in [0.15, 0.2) is 0 Å². The molecule has 0 amide bonds. The molecule has 0 fully saturated rings. The van der Waals surface area contributed by atoms with Crippen LogP contribution in [0.15, 0.2) is 18.2 Å². The smallest absolute Gasteiger partial charge is 0.133 e. The van der Waals surface area contributed by atoms with Crippen molar-refractivity contribution in [2.75, 3.05) is 5.73 Å². The van der Waals surface area contributed by atoms with Gasteiger partial charge in [0.25, 0.3) is 0 Å². The number of halogens is 1. The Hall–Kier alpha value is -0.450. The van der Waals surface area contributed by atoms with Gasteiger partial charge < -0.3 is 10.5 Å². The first-order chi connectivity index (χ1) is 6.50. The van der Waals surface area contributed by atoms with Crippen LogP contribution in [0.3, 0.4) is 0 Å². The molecule has 0 aliphatic carbocycles. The third-order valence-electron chi connectivity index (χ3n) is 2.21. The largest absolute Gasteiger partial charge is 0.489 e. The van der Waals surface area contributed by atoms with E-state index in [1.54, 1.807) is 0 Å². The molecule has 1 rings (SSSR count). The van der Waals surface area contributed by atoms with Crippen LogP contribution in [0.1, 0.15) is 20.8 Å². The SMILES string of the molecule is CC(C)C(C)Oc1ccc(N)cc1I. The molecule has 0 radical (unpaired) electrons. The summed E-state index contributed by atoms with van der Waals surface area (Å²) in [6.07, 6.45) is 0.229. The Morgan fingerprint density at radius 3 is 2.43 bits per heavy atom. The first kappa shape index (κ1) is 11.6. The van der Waals surface area contributed by atoms with Gasteiger partial charge in [0.1, 0.15) is 5.75 Å². The minimum atomic E-state index is 0.229. The van der Waals surface area contributed by atoms with Crippen LogP contribution in [0.4, 0.5) is 5.69 Å². The Morgan fingerprint density at radius 2 is 1.93 bits per heavy atom. The molecule has 2 nitrogen and oxygen atoms in total. The summed E-state index contributed by atoms with van der Waals surface area (Å²) < 4.78 is 6.86. The van der Waals surface area contributed by atoms with Gasteiger partial charge in [0.05, 0.1) is 9.67 Å². The molecule has 3 heteroatoms. The number of benzene rings is 1. The maximum Gasteiger partial charge on any atom is 0.133 e. The van der Waals surface area contributed by atoms with Gasteiger partial charge in [-0.05, 0) is 53.6 Å². The molecule has 0 saturated carbocycles. The summed E-state index contributed by atoms with van der Waals surface area (Å²) in [6, 6.07) is 5.71. The second kappa shape index (κ2) is 4.87. The first-order valence-corrected chi connectivity index (χ1v) is 5.80. The maximum absolute atomic E-state index is 5.80. The lowest BCUT2D eigenvalue weighted by atomic mass is 10.1. The summed E-state index contributed by atoms with van der Waals surface area (Å²) in [7, 11) is 0. The summed E-state index contributed by atoms with van der Waals surface area (Å²) in [4.78, 5) is 0. The van der Waals surface area contributed by atoms with Crippen molar-refractivity contribution in [2.24, 2.45) is 5.92 Å². The van der Waals surface area contributed by atoms with Gasteiger partial charge in [-0.15, -0.1) is 0 Å². The summed E-state index contributed by atoms with van der Waals surface area (Å²) in [5.41, 5.74) is 6.43. The van der Waals surface area contributed by atoms with Gasteiger partial charge in [-0.25, -0.2) is 0 Å². The van der Waals surface area contributed by atoms with E-state index in [1.807, 2.05) is 18.2 Å². The van der Waals surface area contributed by atoms with E-state index in [-0.39, 0.29) is 6.10 Å². The van der Waals surface area contributed by atoms with Crippen molar-refractivity contribution in [3.63, 3.8) is 0 Å². The molecular weight excluding hydrogens is 289 g/mol. The number of hydrogen-bond acceptors (Lipinski definition) is 2. The Labute approximate surface area is 99.0 Å². The standard InChI is InChI=1S/C11H16INO/c1-7(2)8(3)14-11-5-4-9(13)6-10(11)12/h4-8H,13H2,1-3H3. The normalized spacial score (nSPS) is 12.9. The second-order valence-corrected chi connectivity index (χ2v) is 4.92. The van der Waals surface area contributed by atoms with Crippen LogP contribution in [0, 0.1) is 9.49 Å². The molecule has 0 saturated heterocycles. The van der Waals surface area contributed by atoms with Gasteiger partial charge in [0, 0.05) is 5.69 Å². The topological polar surface area (TPSA) is 35.2 Å². The lowest BCUT2D eigenvalue weighted by molar-refractivity contribution is 0.169. The average Bonchev–Trinajstić information content (AvgIpc) is 2.09. The van der Waals surface area contributed by atoms with Crippen LogP contribution in [-0.2, 0) is 0 Å². The van der Waals surface area contributed by atoms with E-state index in [2.05, 4.69) is 43.4 Å². The highest BCUT2D eigenvalue weighted by Crippen LogP contribution is 2.25. The average molecular weight is 305 g/mol. The summed E-state index contributed by atoms with van der Waals surface area (Å²) in [5.74, 6) is 1.43. The van der Waals surface area contributed by atoms with Crippen LogP contribution in [-0.4, -0.2) is 6.10 Å². The molecule has 14 heavy (non-hydrogen) atoms. The van der Waals surface area contributed by atoms with Crippen molar-refractivity contribution in [1.82, 2.24) is 0 Å². The van der Waals surface area contributed by atoms with E-state index in [9.17, 15) is 0 Å². The molecule has 0 aliphatic rings. The molecular formula is C11H16INO. The van der Waals surface area contributed by atoms with Crippen LogP contribution in [0.25, 0.3) is 0 Å². The van der Waals surface area contributed by atoms with Crippen molar-refractivity contribution in [2.45, 2.75) is 26.9 Å². The number of rotatable bonds is 3. The molecule has 0 aromatic heterocycles. The van der Waals surface area contributed by atoms with Gasteiger partial charge in [0.2, 0.25) is 0 Å². The lowest BCUT2D eigenvalue weighted by Gasteiger charge is -2.19. The van der Waals surface area contributed by atoms with E-state index in [1.165, 1.54) is 0 Å². The molecule has 2 N–H and O–H groups in total. The third-order valence-corrected chi connectivity index (χ3v) is 3.05. The summed E-state index contributed by atoms with van der Waals surface area (Å²) in [5, 5.41) is 0. The van der Waals surface area contributed by atoms with E-state index in [4.69, 9.17) is 10.5 Å². The fourth-order valence-corrected chi connectivity index (χ4v) is 1.62. The Bertz CT molecular complexity index is 312. The number of nitrogen functional groups attached to an aromatic ring is 1. The molecule has 1 aromatic carbocycles. The Kier molecular flexibility index (Phi) is 4.04. The molecule has 1 atom stereocenters. The van der Waals surface area contributed by atoms with E-state index >= 15 is 0 Å². The zero-order valence-electron chi connectivity index (χ0n) is 8.75. The Morgan fingerprint density at radius 1 is 1.29 bits per heavy atom. The Balaban J connectivity index is 2.77. The maximum atomic E-state index is 5.80. The monoisotopic (exact) mass is 305 g/mol. The van der Waals surface area contributed by atoms with Gasteiger partial charge in [-0.2, -0.15) is 0 Å². The fourth-order valence-electron chi connectivity index (χ4n) is 0.949. The van der Waals surface area contributed by atoms with E-state index in [0.717, 1.165) is 15.0 Å². The summed E-state index contributed by atoms with van der Waals surface area (Å²) in [6.45, 7) is 6.38. The summed E-state index contributed by atoms with van der Waals surface area (Å²) >= 11 is 2.24. The van der Waals surface area contributed by atoms with Crippen molar-refractivity contribution >= 4 is 28.3 Å². The number of hydrogen-bond donors (Lipinski definition) is 1. The molecule has 78 valence electrons. The van der Waals surface area contributed by atoms with Crippen LogP contribution >= 0.6 is 22.6 Å². The van der Waals surface area contributed by atoms with E-state index in [0.29, 0.717) is 5.92 Å². The molecule has 0 heterocycles. The fraction of sp³-hybridized carbons (Fsp3) is 0.455. The zero-order chi connectivity index (χ0) is 10.7.